The lowest BCUT2D eigenvalue weighted by atomic mass is 10.1. The highest BCUT2D eigenvalue weighted by atomic mass is 16.5. The highest BCUT2D eigenvalue weighted by Crippen LogP contribution is 2.25. The molecule has 1 amide bonds. The van der Waals surface area contributed by atoms with E-state index in [0.29, 0.717) is 35.3 Å². The number of carbonyl (C=O) groups is 1. The number of pyridine rings is 1. The first-order chi connectivity index (χ1) is 15.0. The molecule has 0 saturated heterocycles. The number of hydrogen-bond acceptors (Lipinski definition) is 5. The number of aryl methyl sites for hydroxylation is 2. The molecule has 0 aliphatic heterocycles. The van der Waals surface area contributed by atoms with Crippen molar-refractivity contribution in [2.24, 2.45) is 4.99 Å². The molecule has 7 nitrogen and oxygen atoms in total. The average molecular weight is 418 g/mol. The Morgan fingerprint density at radius 2 is 1.71 bits per heavy atom. The van der Waals surface area contributed by atoms with Crippen molar-refractivity contribution in [3.63, 3.8) is 0 Å². The average Bonchev–Trinajstić information content (AvgIpc) is 2.79. The molecular weight excluding hydrogens is 392 g/mol. The fourth-order valence-corrected chi connectivity index (χ4v) is 2.84. The van der Waals surface area contributed by atoms with E-state index >= 15 is 0 Å². The van der Waals surface area contributed by atoms with E-state index < -0.39 is 0 Å². The number of carbonyl (C=O) groups excluding carboxylic acids is 1. The largest absolute Gasteiger partial charge is 0.497 e. The summed E-state index contributed by atoms with van der Waals surface area (Å²) in [5, 5.41) is 6.02. The monoisotopic (exact) mass is 418 g/mol. The zero-order valence-corrected chi connectivity index (χ0v) is 18.1. The van der Waals surface area contributed by atoms with Crippen LogP contribution in [0.3, 0.4) is 0 Å². The summed E-state index contributed by atoms with van der Waals surface area (Å²) in [6.45, 7) is 4.29. The number of nitrogens with one attached hydrogen (secondary N) is 2. The van der Waals surface area contributed by atoms with Crippen LogP contribution in [-0.2, 0) is 6.54 Å². The fraction of sp³-hybridized carbons (Fsp3) is 0.208. The summed E-state index contributed by atoms with van der Waals surface area (Å²) < 4.78 is 10.7. The lowest BCUT2D eigenvalue weighted by molar-refractivity contribution is 0.0977. The quantitative estimate of drug-likeness (QED) is 0.465. The number of hydrogen-bond donors (Lipinski definition) is 2. The molecule has 0 aliphatic rings. The summed E-state index contributed by atoms with van der Waals surface area (Å²) >= 11 is 0. The van der Waals surface area contributed by atoms with Crippen LogP contribution in [0.25, 0.3) is 0 Å². The number of aliphatic imine (C=N–C) groups is 1. The Bertz CT molecular complexity index is 1060. The minimum Gasteiger partial charge on any atom is -0.497 e. The van der Waals surface area contributed by atoms with Gasteiger partial charge in [0.15, 0.2) is 0 Å². The van der Waals surface area contributed by atoms with Crippen molar-refractivity contribution in [2.45, 2.75) is 20.4 Å². The van der Waals surface area contributed by atoms with E-state index in [-0.39, 0.29) is 5.91 Å². The van der Waals surface area contributed by atoms with Gasteiger partial charge in [-0.2, -0.15) is 0 Å². The Labute approximate surface area is 182 Å². The fourth-order valence-electron chi connectivity index (χ4n) is 2.84. The molecule has 0 fully saturated rings. The van der Waals surface area contributed by atoms with Gasteiger partial charge in [-0.05, 0) is 49.2 Å². The molecule has 0 bridgehead atoms. The van der Waals surface area contributed by atoms with Gasteiger partial charge < -0.3 is 14.8 Å². The molecule has 7 heteroatoms. The SMILES string of the molecule is COc1cc(NC(=NCc2ccccn2)NC(=O)c2ccc(C)c(C)c2)cc(OC)c1. The summed E-state index contributed by atoms with van der Waals surface area (Å²) in [6.07, 6.45) is 1.71. The summed E-state index contributed by atoms with van der Waals surface area (Å²) in [5.41, 5.74) is 4.17. The van der Waals surface area contributed by atoms with Crippen molar-refractivity contribution >= 4 is 17.6 Å². The Kier molecular flexibility index (Phi) is 7.22. The third-order valence-electron chi connectivity index (χ3n) is 4.74. The zero-order valence-electron chi connectivity index (χ0n) is 18.1. The number of anilines is 1. The van der Waals surface area contributed by atoms with Crippen molar-refractivity contribution < 1.29 is 14.3 Å². The Morgan fingerprint density at radius 3 is 2.32 bits per heavy atom. The van der Waals surface area contributed by atoms with Crippen LogP contribution in [0.5, 0.6) is 11.5 Å². The first-order valence-corrected chi connectivity index (χ1v) is 9.81. The topological polar surface area (TPSA) is 84.8 Å². The van der Waals surface area contributed by atoms with E-state index in [9.17, 15) is 4.79 Å². The van der Waals surface area contributed by atoms with Crippen LogP contribution in [0, 0.1) is 13.8 Å². The predicted molar refractivity (Wildman–Crippen MR) is 122 cm³/mol. The van der Waals surface area contributed by atoms with Gasteiger partial charge in [-0.25, -0.2) is 4.99 Å². The van der Waals surface area contributed by atoms with Gasteiger partial charge in [-0.1, -0.05) is 12.1 Å². The van der Waals surface area contributed by atoms with Crippen LogP contribution in [-0.4, -0.2) is 31.1 Å². The van der Waals surface area contributed by atoms with Gasteiger partial charge in [0.25, 0.3) is 5.91 Å². The number of aromatic nitrogens is 1. The van der Waals surface area contributed by atoms with E-state index in [4.69, 9.17) is 9.47 Å². The number of ether oxygens (including phenoxy) is 2. The maximum Gasteiger partial charge on any atom is 0.257 e. The van der Waals surface area contributed by atoms with Gasteiger partial charge >= 0.3 is 0 Å². The number of amides is 1. The minimum atomic E-state index is -0.259. The highest BCUT2D eigenvalue weighted by Gasteiger charge is 2.12. The van der Waals surface area contributed by atoms with Crippen molar-refractivity contribution in [1.82, 2.24) is 10.3 Å². The van der Waals surface area contributed by atoms with Gasteiger partial charge in [0.2, 0.25) is 5.96 Å². The predicted octanol–water partition coefficient (Wildman–Crippen LogP) is 4.11. The molecule has 0 spiro atoms. The second kappa shape index (κ2) is 10.2. The van der Waals surface area contributed by atoms with Crippen LogP contribution in [0.15, 0.2) is 65.8 Å². The van der Waals surface area contributed by atoms with E-state index in [2.05, 4.69) is 20.6 Å². The molecule has 0 atom stereocenters. The van der Waals surface area contributed by atoms with Gasteiger partial charge in [-0.3, -0.25) is 15.1 Å². The maximum absolute atomic E-state index is 12.9. The number of guanidine groups is 1. The summed E-state index contributed by atoms with van der Waals surface area (Å²) in [5.74, 6) is 1.27. The lowest BCUT2D eigenvalue weighted by Gasteiger charge is -2.14. The highest BCUT2D eigenvalue weighted by molar-refractivity contribution is 6.10. The van der Waals surface area contributed by atoms with Gasteiger partial charge in [-0.15, -0.1) is 0 Å². The van der Waals surface area contributed by atoms with Crippen LogP contribution in [0.4, 0.5) is 5.69 Å². The van der Waals surface area contributed by atoms with Crippen LogP contribution < -0.4 is 20.1 Å². The number of nitrogens with zero attached hydrogens (tertiary/aromatic N) is 2. The molecule has 2 aromatic carbocycles. The Balaban J connectivity index is 1.87. The lowest BCUT2D eigenvalue weighted by Crippen LogP contribution is -2.36. The molecular formula is C24H26N4O3. The number of rotatable bonds is 6. The van der Waals surface area contributed by atoms with Crippen LogP contribution in [0.2, 0.25) is 0 Å². The summed E-state index contributed by atoms with van der Waals surface area (Å²) in [6, 6.07) is 16.5. The summed E-state index contributed by atoms with van der Waals surface area (Å²) in [7, 11) is 3.16. The van der Waals surface area contributed by atoms with Crippen molar-refractivity contribution in [1.29, 1.82) is 0 Å². The molecule has 160 valence electrons. The molecule has 3 rings (SSSR count). The third-order valence-corrected chi connectivity index (χ3v) is 4.74. The summed E-state index contributed by atoms with van der Waals surface area (Å²) in [4.78, 5) is 21.7. The molecule has 0 unspecified atom stereocenters. The Hall–Kier alpha value is -3.87. The number of methoxy groups -OCH3 is 2. The second-order valence-electron chi connectivity index (χ2n) is 6.97. The third kappa shape index (κ3) is 6.05. The van der Waals surface area contributed by atoms with Crippen LogP contribution in [0.1, 0.15) is 27.2 Å². The molecule has 0 saturated carbocycles. The number of benzene rings is 2. The second-order valence-corrected chi connectivity index (χ2v) is 6.97. The Morgan fingerprint density at radius 1 is 0.968 bits per heavy atom. The van der Waals surface area contributed by atoms with Gasteiger partial charge in [0.05, 0.1) is 26.5 Å². The molecule has 0 aliphatic carbocycles. The van der Waals surface area contributed by atoms with Crippen molar-refractivity contribution in [3.8, 4) is 11.5 Å². The molecule has 3 aromatic rings. The van der Waals surface area contributed by atoms with E-state index in [0.717, 1.165) is 16.8 Å². The van der Waals surface area contributed by atoms with Crippen LogP contribution >= 0.6 is 0 Å². The standard InChI is InChI=1S/C24H26N4O3/c1-16-8-9-18(11-17(16)2)23(29)28-24(26-15-19-7-5-6-10-25-19)27-20-12-21(30-3)14-22(13-20)31-4/h5-14H,15H2,1-4H3,(H2,26,27,28,29). The molecule has 1 heterocycles. The minimum absolute atomic E-state index is 0.259. The zero-order chi connectivity index (χ0) is 22.2. The van der Waals surface area contributed by atoms with E-state index in [1.807, 2.05) is 44.2 Å². The normalized spacial score (nSPS) is 11.0. The van der Waals surface area contributed by atoms with Gasteiger partial charge in [0.1, 0.15) is 11.5 Å². The van der Waals surface area contributed by atoms with Crippen molar-refractivity contribution in [2.75, 3.05) is 19.5 Å². The maximum atomic E-state index is 12.9. The molecule has 0 radical (unpaired) electrons. The molecule has 1 aromatic heterocycles. The van der Waals surface area contributed by atoms with Crippen molar-refractivity contribution in [3.05, 3.63) is 83.2 Å². The first-order valence-electron chi connectivity index (χ1n) is 9.81. The smallest absolute Gasteiger partial charge is 0.257 e. The first kappa shape index (κ1) is 21.8. The van der Waals surface area contributed by atoms with E-state index in [1.165, 1.54) is 0 Å². The molecule has 31 heavy (non-hydrogen) atoms. The molecule has 2 N–H and O–H groups in total. The van der Waals surface area contributed by atoms with E-state index in [1.54, 1.807) is 44.7 Å². The van der Waals surface area contributed by atoms with Gasteiger partial charge in [0, 0.05) is 35.6 Å².